The summed E-state index contributed by atoms with van der Waals surface area (Å²) < 4.78 is 6.31. The minimum absolute atomic E-state index is 0.0547. The highest BCUT2D eigenvalue weighted by molar-refractivity contribution is 9.10. The summed E-state index contributed by atoms with van der Waals surface area (Å²) in [6.07, 6.45) is 0. The average molecular weight is 467 g/mol. The van der Waals surface area contributed by atoms with Gasteiger partial charge in [-0.1, -0.05) is 12.1 Å². The highest BCUT2D eigenvalue weighted by Crippen LogP contribution is 2.23. The van der Waals surface area contributed by atoms with Gasteiger partial charge in [0.1, 0.15) is 5.75 Å². The molecular weight excluding hydrogens is 444 g/mol. The van der Waals surface area contributed by atoms with Crippen molar-refractivity contribution in [1.29, 1.82) is 0 Å². The van der Waals surface area contributed by atoms with E-state index < -0.39 is 0 Å². The summed E-state index contributed by atoms with van der Waals surface area (Å²) in [6.45, 7) is 5.38. The average Bonchev–Trinajstić information content (AvgIpc) is 2.80. The number of rotatable bonds is 5. The molecule has 4 rings (SSSR count). The second-order valence-corrected chi connectivity index (χ2v) is 7.85. The zero-order valence-electron chi connectivity index (χ0n) is 16.8. The Balaban J connectivity index is 1.38. The van der Waals surface area contributed by atoms with Gasteiger partial charge in [-0.25, -0.2) is 0 Å². The molecule has 1 saturated heterocycles. The summed E-state index contributed by atoms with van der Waals surface area (Å²) in [4.78, 5) is 16.8. The fourth-order valence-corrected chi connectivity index (χ4v) is 3.93. The van der Waals surface area contributed by atoms with Crippen molar-refractivity contribution in [3.8, 4) is 17.0 Å². The van der Waals surface area contributed by atoms with E-state index in [0.717, 1.165) is 40.4 Å². The molecule has 2 aromatic carbocycles. The highest BCUT2D eigenvalue weighted by atomic mass is 79.9. The first-order chi connectivity index (χ1) is 14.7. The number of halogens is 1. The fourth-order valence-electron chi connectivity index (χ4n) is 3.48. The molecule has 1 aliphatic rings. The quantitative estimate of drug-likeness (QED) is 0.561. The van der Waals surface area contributed by atoms with E-state index in [4.69, 9.17) is 4.74 Å². The van der Waals surface area contributed by atoms with E-state index in [1.54, 1.807) is 0 Å². The SMILES string of the molecule is CCOc1ccc(-c2ccc(N3CCN(C(=O)c4ccccc4Br)CC3)nn2)cc1. The van der Waals surface area contributed by atoms with Gasteiger partial charge >= 0.3 is 0 Å². The first-order valence-corrected chi connectivity index (χ1v) is 10.8. The molecule has 1 aromatic heterocycles. The van der Waals surface area contributed by atoms with Gasteiger partial charge in [0.15, 0.2) is 5.82 Å². The number of carbonyl (C=O) groups excluding carboxylic acids is 1. The lowest BCUT2D eigenvalue weighted by Crippen LogP contribution is -2.49. The Kier molecular flexibility index (Phi) is 6.28. The Bertz CT molecular complexity index is 1000. The van der Waals surface area contributed by atoms with Crippen LogP contribution in [0.5, 0.6) is 5.75 Å². The van der Waals surface area contributed by atoms with Gasteiger partial charge in [-0.3, -0.25) is 4.79 Å². The Morgan fingerprint density at radius 1 is 0.967 bits per heavy atom. The standard InChI is InChI=1S/C23H23BrN4O2/c1-2-30-18-9-7-17(8-10-18)21-11-12-22(26-25-21)27-13-15-28(16-14-27)23(29)19-5-3-4-6-20(19)24/h3-12H,2,13-16H2,1H3. The van der Waals surface area contributed by atoms with Gasteiger partial charge in [-0.05, 0) is 71.4 Å². The minimum Gasteiger partial charge on any atom is -0.494 e. The lowest BCUT2D eigenvalue weighted by atomic mass is 10.1. The molecule has 1 amide bonds. The van der Waals surface area contributed by atoms with Crippen LogP contribution in [0.3, 0.4) is 0 Å². The Labute approximate surface area is 184 Å². The molecule has 0 unspecified atom stereocenters. The van der Waals surface area contributed by atoms with E-state index in [2.05, 4.69) is 31.0 Å². The zero-order chi connectivity index (χ0) is 20.9. The maximum absolute atomic E-state index is 12.8. The number of hydrogen-bond acceptors (Lipinski definition) is 5. The molecule has 6 nitrogen and oxygen atoms in total. The van der Waals surface area contributed by atoms with Crippen molar-refractivity contribution in [2.45, 2.75) is 6.92 Å². The first kappa shape index (κ1) is 20.3. The first-order valence-electron chi connectivity index (χ1n) is 10.0. The van der Waals surface area contributed by atoms with Crippen molar-refractivity contribution in [2.24, 2.45) is 0 Å². The summed E-state index contributed by atoms with van der Waals surface area (Å²) in [5, 5.41) is 8.81. The van der Waals surface area contributed by atoms with E-state index in [9.17, 15) is 4.79 Å². The number of benzene rings is 2. The van der Waals surface area contributed by atoms with Crippen LogP contribution in [0.2, 0.25) is 0 Å². The zero-order valence-corrected chi connectivity index (χ0v) is 18.4. The molecule has 1 fully saturated rings. The lowest BCUT2D eigenvalue weighted by Gasteiger charge is -2.35. The third kappa shape index (κ3) is 4.46. The third-order valence-electron chi connectivity index (χ3n) is 5.11. The number of nitrogens with zero attached hydrogens (tertiary/aromatic N) is 4. The molecule has 0 radical (unpaired) electrons. The molecule has 2 heterocycles. The van der Waals surface area contributed by atoms with E-state index >= 15 is 0 Å². The van der Waals surface area contributed by atoms with Gasteiger partial charge in [0.2, 0.25) is 0 Å². The van der Waals surface area contributed by atoms with Crippen molar-refractivity contribution >= 4 is 27.7 Å². The normalized spacial score (nSPS) is 13.9. The van der Waals surface area contributed by atoms with Gasteiger partial charge < -0.3 is 14.5 Å². The summed E-state index contributed by atoms with van der Waals surface area (Å²) in [6, 6.07) is 19.4. The van der Waals surface area contributed by atoms with E-state index in [1.165, 1.54) is 0 Å². The number of piperazine rings is 1. The van der Waals surface area contributed by atoms with Gasteiger partial charge in [0, 0.05) is 36.2 Å². The Morgan fingerprint density at radius 3 is 2.33 bits per heavy atom. The van der Waals surface area contributed by atoms with Crippen LogP contribution in [0.15, 0.2) is 65.1 Å². The molecule has 0 bridgehead atoms. The number of amides is 1. The van der Waals surface area contributed by atoms with Crippen molar-refractivity contribution < 1.29 is 9.53 Å². The molecule has 0 atom stereocenters. The van der Waals surface area contributed by atoms with Crippen molar-refractivity contribution in [3.63, 3.8) is 0 Å². The monoisotopic (exact) mass is 466 g/mol. The maximum atomic E-state index is 12.8. The van der Waals surface area contributed by atoms with Crippen LogP contribution in [0, 0.1) is 0 Å². The van der Waals surface area contributed by atoms with Crippen LogP contribution in [0.1, 0.15) is 17.3 Å². The summed E-state index contributed by atoms with van der Waals surface area (Å²) in [7, 11) is 0. The largest absolute Gasteiger partial charge is 0.494 e. The van der Waals surface area contributed by atoms with E-state index in [1.807, 2.05) is 72.5 Å². The highest BCUT2D eigenvalue weighted by Gasteiger charge is 2.24. The molecule has 0 aliphatic carbocycles. The van der Waals surface area contributed by atoms with Crippen LogP contribution in [0.4, 0.5) is 5.82 Å². The molecule has 0 N–H and O–H groups in total. The van der Waals surface area contributed by atoms with Gasteiger partial charge in [0.05, 0.1) is 17.9 Å². The second kappa shape index (κ2) is 9.26. The van der Waals surface area contributed by atoms with Gasteiger partial charge in [0.25, 0.3) is 5.91 Å². The number of hydrogen-bond donors (Lipinski definition) is 0. The Morgan fingerprint density at radius 2 is 1.70 bits per heavy atom. The lowest BCUT2D eigenvalue weighted by molar-refractivity contribution is 0.0745. The number of aromatic nitrogens is 2. The predicted molar refractivity (Wildman–Crippen MR) is 121 cm³/mol. The van der Waals surface area contributed by atoms with E-state index in [-0.39, 0.29) is 5.91 Å². The number of carbonyl (C=O) groups is 1. The van der Waals surface area contributed by atoms with Crippen LogP contribution >= 0.6 is 15.9 Å². The van der Waals surface area contributed by atoms with Crippen LogP contribution in [-0.4, -0.2) is 53.8 Å². The predicted octanol–water partition coefficient (Wildman–Crippen LogP) is 4.27. The molecule has 3 aromatic rings. The van der Waals surface area contributed by atoms with Crippen LogP contribution < -0.4 is 9.64 Å². The second-order valence-electron chi connectivity index (χ2n) is 6.99. The smallest absolute Gasteiger partial charge is 0.255 e. The van der Waals surface area contributed by atoms with Gasteiger partial charge in [-0.2, -0.15) is 0 Å². The summed E-state index contributed by atoms with van der Waals surface area (Å²) >= 11 is 3.47. The third-order valence-corrected chi connectivity index (χ3v) is 5.80. The molecule has 1 aliphatic heterocycles. The van der Waals surface area contributed by atoms with Crippen molar-refractivity contribution in [1.82, 2.24) is 15.1 Å². The molecule has 154 valence electrons. The molecule has 0 saturated carbocycles. The molecule has 0 spiro atoms. The maximum Gasteiger partial charge on any atom is 0.255 e. The number of ether oxygens (including phenoxy) is 1. The summed E-state index contributed by atoms with van der Waals surface area (Å²) in [5.41, 5.74) is 2.52. The minimum atomic E-state index is 0.0547. The number of anilines is 1. The van der Waals surface area contributed by atoms with Crippen LogP contribution in [-0.2, 0) is 0 Å². The molecule has 7 heteroatoms. The Hall–Kier alpha value is -2.93. The van der Waals surface area contributed by atoms with Crippen LogP contribution in [0.25, 0.3) is 11.3 Å². The fraction of sp³-hybridized carbons (Fsp3) is 0.261. The summed E-state index contributed by atoms with van der Waals surface area (Å²) in [5.74, 6) is 1.73. The topological polar surface area (TPSA) is 58.6 Å². The molecule has 30 heavy (non-hydrogen) atoms. The van der Waals surface area contributed by atoms with Crippen molar-refractivity contribution in [3.05, 3.63) is 70.7 Å². The van der Waals surface area contributed by atoms with Crippen molar-refractivity contribution in [2.75, 3.05) is 37.7 Å². The van der Waals surface area contributed by atoms with Gasteiger partial charge in [-0.15, -0.1) is 10.2 Å². The molecular formula is C23H23BrN4O2. The van der Waals surface area contributed by atoms with E-state index in [0.29, 0.717) is 25.3 Å².